The number of aryl methyl sites for hydroxylation is 2. The third-order valence-electron chi connectivity index (χ3n) is 6.09. The molecule has 0 aliphatic heterocycles. The van der Waals surface area contributed by atoms with Gasteiger partial charge in [-0.15, -0.1) is 10.2 Å². The van der Waals surface area contributed by atoms with Crippen molar-refractivity contribution < 1.29 is 4.79 Å². The lowest BCUT2D eigenvalue weighted by atomic mass is 10.0. The van der Waals surface area contributed by atoms with Crippen LogP contribution in [0.25, 0.3) is 5.69 Å². The third-order valence-corrected chi connectivity index (χ3v) is 7.33. The maximum Gasteiger partial charge on any atom is 0.319 e. The second-order valence-electron chi connectivity index (χ2n) is 9.48. The Bertz CT molecular complexity index is 1380. The zero-order valence-corrected chi connectivity index (χ0v) is 23.3. The minimum Gasteiger partial charge on any atom is -0.328 e. The molecule has 0 aliphatic rings. The zero-order chi connectivity index (χ0) is 26.5. The van der Waals surface area contributed by atoms with Crippen molar-refractivity contribution in [2.45, 2.75) is 57.5 Å². The fraction of sp³-hybridized carbons (Fsp3) is 0.276. The number of carbonyl (C=O) groups excluding carboxylic acids is 1. The van der Waals surface area contributed by atoms with E-state index in [-0.39, 0.29) is 6.03 Å². The highest BCUT2D eigenvalue weighted by Gasteiger charge is 2.22. The molecule has 2 amide bonds. The van der Waals surface area contributed by atoms with E-state index in [0.29, 0.717) is 16.8 Å². The quantitative estimate of drug-likeness (QED) is 0.226. The Hall–Kier alpha value is -3.29. The van der Waals surface area contributed by atoms with Crippen molar-refractivity contribution in [1.82, 2.24) is 20.1 Å². The van der Waals surface area contributed by atoms with Gasteiger partial charge in [0, 0.05) is 16.5 Å². The van der Waals surface area contributed by atoms with E-state index in [9.17, 15) is 4.79 Å². The Kier molecular flexibility index (Phi) is 8.56. The number of anilines is 1. The van der Waals surface area contributed by atoms with Gasteiger partial charge in [-0.2, -0.15) is 0 Å². The van der Waals surface area contributed by atoms with Crippen molar-refractivity contribution in [3.05, 3.63) is 99.8 Å². The molecule has 6 nitrogen and oxygen atoms in total. The summed E-state index contributed by atoms with van der Waals surface area (Å²) in [6.07, 6.45) is 0. The number of nitrogens with zero attached hydrogens (tertiary/aromatic N) is 3. The van der Waals surface area contributed by atoms with Crippen LogP contribution in [-0.2, 0) is 5.75 Å². The SMILES string of the molecule is Cc1cccc(CSc2nnc(C(C)NC(=O)Nc3ccc(C(C)C)cc3)n2-c2cc(Cl)ccc2C)c1. The first-order chi connectivity index (χ1) is 17.7. The summed E-state index contributed by atoms with van der Waals surface area (Å²) in [5.74, 6) is 1.80. The van der Waals surface area contributed by atoms with E-state index in [4.69, 9.17) is 11.6 Å². The topological polar surface area (TPSA) is 71.8 Å². The predicted molar refractivity (Wildman–Crippen MR) is 153 cm³/mol. The average Bonchev–Trinajstić information content (AvgIpc) is 3.28. The summed E-state index contributed by atoms with van der Waals surface area (Å²) in [5.41, 5.74) is 6.30. The molecule has 1 heterocycles. The second kappa shape index (κ2) is 11.8. The Balaban J connectivity index is 1.57. The predicted octanol–water partition coefficient (Wildman–Crippen LogP) is 7.84. The summed E-state index contributed by atoms with van der Waals surface area (Å²) in [6, 6.07) is 21.3. The fourth-order valence-corrected chi connectivity index (χ4v) is 5.10. The van der Waals surface area contributed by atoms with Gasteiger partial charge in [-0.3, -0.25) is 4.57 Å². The van der Waals surface area contributed by atoms with Gasteiger partial charge < -0.3 is 10.6 Å². The van der Waals surface area contributed by atoms with Crippen molar-refractivity contribution >= 4 is 35.1 Å². The van der Waals surface area contributed by atoms with Crippen LogP contribution in [0, 0.1) is 13.8 Å². The Morgan fingerprint density at radius 2 is 1.76 bits per heavy atom. The second-order valence-corrected chi connectivity index (χ2v) is 10.9. The summed E-state index contributed by atoms with van der Waals surface area (Å²) in [4.78, 5) is 12.8. The molecule has 0 bridgehead atoms. The highest BCUT2D eigenvalue weighted by molar-refractivity contribution is 7.98. The lowest BCUT2D eigenvalue weighted by Crippen LogP contribution is -2.32. The number of halogens is 1. The Morgan fingerprint density at radius 1 is 1.00 bits per heavy atom. The van der Waals surface area contributed by atoms with Gasteiger partial charge in [-0.05, 0) is 67.6 Å². The monoisotopic (exact) mass is 533 g/mol. The van der Waals surface area contributed by atoms with Crippen LogP contribution in [0.4, 0.5) is 10.5 Å². The smallest absolute Gasteiger partial charge is 0.319 e. The number of hydrogen-bond donors (Lipinski definition) is 2. The lowest BCUT2D eigenvalue weighted by molar-refractivity contribution is 0.249. The summed E-state index contributed by atoms with van der Waals surface area (Å²) < 4.78 is 1.99. The maximum absolute atomic E-state index is 12.8. The lowest BCUT2D eigenvalue weighted by Gasteiger charge is -2.18. The molecule has 0 saturated carbocycles. The van der Waals surface area contributed by atoms with Gasteiger partial charge in [0.15, 0.2) is 11.0 Å². The van der Waals surface area contributed by atoms with E-state index < -0.39 is 6.04 Å². The standard InChI is InChI=1S/C29H32ClN5OS/c1-18(2)23-10-13-25(14-11-23)32-28(36)31-21(5)27-33-34-29(37-17-22-8-6-7-19(3)15-22)35(27)26-16-24(30)12-9-20(26)4/h6-16,18,21H,17H2,1-5H3,(H2,31,32,36). The number of rotatable bonds is 8. The number of nitrogens with one attached hydrogen (secondary N) is 2. The van der Waals surface area contributed by atoms with Crippen molar-refractivity contribution in [1.29, 1.82) is 0 Å². The fourth-order valence-electron chi connectivity index (χ4n) is 4.03. The van der Waals surface area contributed by atoms with Crippen LogP contribution in [0.5, 0.6) is 0 Å². The molecule has 0 aliphatic carbocycles. The highest BCUT2D eigenvalue weighted by atomic mass is 35.5. The van der Waals surface area contributed by atoms with Crippen LogP contribution in [0.1, 0.15) is 60.8 Å². The normalized spacial score (nSPS) is 12.0. The van der Waals surface area contributed by atoms with E-state index in [1.165, 1.54) is 16.7 Å². The molecule has 2 N–H and O–H groups in total. The number of carbonyl (C=O) groups is 1. The first kappa shape index (κ1) is 26.8. The molecule has 1 aromatic heterocycles. The van der Waals surface area contributed by atoms with Gasteiger partial charge in [0.05, 0.1) is 11.7 Å². The molecule has 0 radical (unpaired) electrons. The molecule has 3 aromatic carbocycles. The van der Waals surface area contributed by atoms with Gasteiger partial charge in [-0.1, -0.05) is 85.2 Å². The summed E-state index contributed by atoms with van der Waals surface area (Å²) >= 11 is 7.97. The molecule has 1 atom stereocenters. The van der Waals surface area contributed by atoms with Crippen LogP contribution >= 0.6 is 23.4 Å². The molecule has 8 heteroatoms. The van der Waals surface area contributed by atoms with Crippen molar-refractivity contribution in [3.63, 3.8) is 0 Å². The molecular formula is C29H32ClN5OS. The first-order valence-electron chi connectivity index (χ1n) is 12.3. The number of aromatic nitrogens is 3. The van der Waals surface area contributed by atoms with Crippen molar-refractivity contribution in [2.24, 2.45) is 0 Å². The number of hydrogen-bond acceptors (Lipinski definition) is 4. The number of thioether (sulfide) groups is 1. The van der Waals surface area contributed by atoms with Gasteiger partial charge in [0.2, 0.25) is 0 Å². The molecule has 37 heavy (non-hydrogen) atoms. The number of benzene rings is 3. The van der Waals surface area contributed by atoms with E-state index in [1.807, 2.05) is 60.9 Å². The van der Waals surface area contributed by atoms with Gasteiger partial charge in [0.1, 0.15) is 0 Å². The maximum atomic E-state index is 12.8. The van der Waals surface area contributed by atoms with Crippen LogP contribution in [0.2, 0.25) is 5.02 Å². The van der Waals surface area contributed by atoms with Crippen molar-refractivity contribution in [3.8, 4) is 5.69 Å². The Labute approximate surface area is 227 Å². The summed E-state index contributed by atoms with van der Waals surface area (Å²) in [5, 5.41) is 16.3. The number of urea groups is 1. The minimum absolute atomic E-state index is 0.309. The van der Waals surface area contributed by atoms with Gasteiger partial charge >= 0.3 is 6.03 Å². The molecule has 0 spiro atoms. The van der Waals surface area contributed by atoms with Crippen LogP contribution in [-0.4, -0.2) is 20.8 Å². The minimum atomic E-state index is -0.408. The van der Waals surface area contributed by atoms with E-state index >= 15 is 0 Å². The first-order valence-corrected chi connectivity index (χ1v) is 13.6. The van der Waals surface area contributed by atoms with Crippen LogP contribution in [0.3, 0.4) is 0 Å². The van der Waals surface area contributed by atoms with Crippen molar-refractivity contribution in [2.75, 3.05) is 5.32 Å². The molecule has 0 saturated heterocycles. The van der Waals surface area contributed by atoms with E-state index in [0.717, 1.165) is 27.8 Å². The van der Waals surface area contributed by atoms with Crippen LogP contribution < -0.4 is 10.6 Å². The highest BCUT2D eigenvalue weighted by Crippen LogP contribution is 2.30. The van der Waals surface area contributed by atoms with Gasteiger partial charge in [0.25, 0.3) is 0 Å². The third kappa shape index (κ3) is 6.73. The average molecular weight is 534 g/mol. The number of amides is 2. The summed E-state index contributed by atoms with van der Waals surface area (Å²) in [6.45, 7) is 10.3. The van der Waals surface area contributed by atoms with E-state index in [2.05, 4.69) is 65.9 Å². The summed E-state index contributed by atoms with van der Waals surface area (Å²) in [7, 11) is 0. The molecule has 4 rings (SSSR count). The molecular weight excluding hydrogens is 502 g/mol. The molecule has 4 aromatic rings. The molecule has 192 valence electrons. The molecule has 0 fully saturated rings. The van der Waals surface area contributed by atoms with Gasteiger partial charge in [-0.25, -0.2) is 4.79 Å². The van der Waals surface area contributed by atoms with E-state index in [1.54, 1.807) is 11.8 Å². The van der Waals surface area contributed by atoms with Crippen LogP contribution in [0.15, 0.2) is 71.9 Å². The largest absolute Gasteiger partial charge is 0.328 e. The Morgan fingerprint density at radius 3 is 2.46 bits per heavy atom. The zero-order valence-electron chi connectivity index (χ0n) is 21.7. The molecule has 1 unspecified atom stereocenters.